The average molecular weight is 333 g/mol. The van der Waals surface area contributed by atoms with E-state index in [1.165, 1.54) is 12.1 Å². The smallest absolute Gasteiger partial charge is 0.335 e. The first-order chi connectivity index (χ1) is 10.8. The summed E-state index contributed by atoms with van der Waals surface area (Å²) in [7, 11) is 0. The van der Waals surface area contributed by atoms with Crippen LogP contribution in [0.25, 0.3) is 0 Å². The summed E-state index contributed by atoms with van der Waals surface area (Å²) < 4.78 is 0. The number of benzene rings is 1. The molecule has 23 heavy (non-hydrogen) atoms. The van der Waals surface area contributed by atoms with Gasteiger partial charge in [0.1, 0.15) is 5.01 Å². The van der Waals surface area contributed by atoms with E-state index in [2.05, 4.69) is 15.6 Å². The highest BCUT2D eigenvalue weighted by Crippen LogP contribution is 2.24. The molecule has 2 amide bonds. The fraction of sp³-hybridized carbons (Fsp3) is 0.312. The van der Waals surface area contributed by atoms with Crippen LogP contribution >= 0.6 is 11.3 Å². The summed E-state index contributed by atoms with van der Waals surface area (Å²) in [5.74, 6) is -0.970. The lowest BCUT2D eigenvalue weighted by molar-refractivity contribution is 0.0697. The molecule has 7 heteroatoms. The third kappa shape index (κ3) is 4.53. The Morgan fingerprint density at radius 2 is 1.91 bits per heavy atom. The summed E-state index contributed by atoms with van der Waals surface area (Å²) in [6.45, 7) is 6.08. The summed E-state index contributed by atoms with van der Waals surface area (Å²) in [6.07, 6.45) is 1.78. The van der Waals surface area contributed by atoms with Crippen LogP contribution in [0.3, 0.4) is 0 Å². The van der Waals surface area contributed by atoms with Crippen molar-refractivity contribution >= 4 is 23.3 Å². The van der Waals surface area contributed by atoms with Gasteiger partial charge in [0, 0.05) is 17.6 Å². The van der Waals surface area contributed by atoms with Crippen LogP contribution in [0.2, 0.25) is 0 Å². The van der Waals surface area contributed by atoms with E-state index in [1.54, 1.807) is 29.7 Å². The van der Waals surface area contributed by atoms with E-state index in [1.807, 2.05) is 20.8 Å². The number of aromatic nitrogens is 1. The van der Waals surface area contributed by atoms with Crippen LogP contribution in [0, 0.1) is 6.92 Å². The van der Waals surface area contributed by atoms with Gasteiger partial charge < -0.3 is 15.7 Å². The van der Waals surface area contributed by atoms with Crippen molar-refractivity contribution in [3.63, 3.8) is 0 Å². The van der Waals surface area contributed by atoms with Gasteiger partial charge in [0.2, 0.25) is 0 Å². The Balaban J connectivity index is 1.90. The molecule has 2 aromatic rings. The number of nitrogens with zero attached hydrogens (tertiary/aromatic N) is 1. The zero-order valence-electron chi connectivity index (χ0n) is 13.2. The second kappa shape index (κ2) is 6.78. The van der Waals surface area contributed by atoms with Crippen LogP contribution in [0.5, 0.6) is 0 Å². The molecule has 1 aromatic heterocycles. The second-order valence-corrected chi connectivity index (χ2v) is 6.95. The number of hydrogen-bond donors (Lipinski definition) is 3. The van der Waals surface area contributed by atoms with Crippen molar-refractivity contribution in [2.75, 3.05) is 0 Å². The molecule has 0 saturated heterocycles. The number of carbonyl (C=O) groups excluding carboxylic acids is 1. The normalized spacial score (nSPS) is 11.1. The predicted octanol–water partition coefficient (Wildman–Crippen LogP) is 2.88. The van der Waals surface area contributed by atoms with Gasteiger partial charge in [-0.05, 0) is 38.5 Å². The highest BCUT2D eigenvalue weighted by molar-refractivity contribution is 7.11. The van der Waals surface area contributed by atoms with Crippen LogP contribution in [0.4, 0.5) is 4.79 Å². The maximum atomic E-state index is 12.0. The van der Waals surface area contributed by atoms with Gasteiger partial charge in [-0.25, -0.2) is 14.6 Å². The van der Waals surface area contributed by atoms with E-state index in [0.29, 0.717) is 6.54 Å². The molecular weight excluding hydrogens is 314 g/mol. The average Bonchev–Trinajstić information content (AvgIpc) is 2.92. The Morgan fingerprint density at radius 1 is 1.26 bits per heavy atom. The van der Waals surface area contributed by atoms with Crippen molar-refractivity contribution in [3.8, 4) is 0 Å². The van der Waals surface area contributed by atoms with Gasteiger partial charge in [0.15, 0.2) is 0 Å². The number of urea groups is 1. The van der Waals surface area contributed by atoms with E-state index < -0.39 is 11.5 Å². The van der Waals surface area contributed by atoms with Crippen molar-refractivity contribution < 1.29 is 14.7 Å². The lowest BCUT2D eigenvalue weighted by Crippen LogP contribution is -2.46. The predicted molar refractivity (Wildman–Crippen MR) is 88.6 cm³/mol. The molecule has 0 aliphatic heterocycles. The Bertz CT molecular complexity index is 708. The number of thiazole rings is 1. The third-order valence-electron chi connectivity index (χ3n) is 3.24. The highest BCUT2D eigenvalue weighted by atomic mass is 32.1. The number of carboxylic acids is 1. The topological polar surface area (TPSA) is 91.3 Å². The molecule has 0 fully saturated rings. The van der Waals surface area contributed by atoms with Crippen LogP contribution < -0.4 is 10.6 Å². The standard InChI is InChI=1S/C16H19N3O3S/c1-10-8-17-14(23-10)16(2,3)19-15(22)18-9-11-4-6-12(7-5-11)13(20)21/h4-8H,9H2,1-3H3,(H,20,21)(H2,18,19,22). The summed E-state index contributed by atoms with van der Waals surface area (Å²) in [6, 6.07) is 6.09. The minimum absolute atomic E-state index is 0.221. The number of carboxylic acid groups (broad SMARTS) is 1. The lowest BCUT2D eigenvalue weighted by Gasteiger charge is -2.24. The monoisotopic (exact) mass is 333 g/mol. The number of carbonyl (C=O) groups is 2. The van der Waals surface area contributed by atoms with E-state index in [0.717, 1.165) is 15.4 Å². The Labute approximate surface area is 138 Å². The quantitative estimate of drug-likeness (QED) is 0.784. The van der Waals surface area contributed by atoms with Crippen molar-refractivity contribution in [1.29, 1.82) is 0 Å². The number of amides is 2. The number of rotatable bonds is 5. The summed E-state index contributed by atoms with van der Waals surface area (Å²) in [5, 5.41) is 15.3. The van der Waals surface area contributed by atoms with E-state index in [9.17, 15) is 9.59 Å². The Hall–Kier alpha value is -2.41. The molecule has 0 aliphatic rings. The van der Waals surface area contributed by atoms with Crippen molar-refractivity contribution in [2.24, 2.45) is 0 Å². The van der Waals surface area contributed by atoms with Gasteiger partial charge in [-0.15, -0.1) is 11.3 Å². The van der Waals surface area contributed by atoms with Gasteiger partial charge in [0.25, 0.3) is 0 Å². The van der Waals surface area contributed by atoms with E-state index in [4.69, 9.17) is 5.11 Å². The summed E-state index contributed by atoms with van der Waals surface area (Å²) >= 11 is 1.55. The third-order valence-corrected chi connectivity index (χ3v) is 4.47. The maximum Gasteiger partial charge on any atom is 0.335 e. The molecule has 0 spiro atoms. The largest absolute Gasteiger partial charge is 0.478 e. The van der Waals surface area contributed by atoms with Crippen LogP contribution in [0.1, 0.15) is 39.7 Å². The number of aromatic carboxylic acids is 1. The lowest BCUT2D eigenvalue weighted by atomic mass is 10.1. The molecule has 3 N–H and O–H groups in total. The van der Waals surface area contributed by atoms with Gasteiger partial charge in [-0.2, -0.15) is 0 Å². The fourth-order valence-electron chi connectivity index (χ4n) is 1.97. The van der Waals surface area contributed by atoms with Gasteiger partial charge in [-0.3, -0.25) is 0 Å². The molecule has 0 bridgehead atoms. The first kappa shape index (κ1) is 17.0. The van der Waals surface area contributed by atoms with Crippen LogP contribution in [0.15, 0.2) is 30.5 Å². The SMILES string of the molecule is Cc1cnc(C(C)(C)NC(=O)NCc2ccc(C(=O)O)cc2)s1. The van der Waals surface area contributed by atoms with Gasteiger partial charge >= 0.3 is 12.0 Å². The molecule has 122 valence electrons. The molecule has 6 nitrogen and oxygen atoms in total. The minimum atomic E-state index is -0.970. The zero-order valence-corrected chi connectivity index (χ0v) is 14.0. The Kier molecular flexibility index (Phi) is 5.00. The summed E-state index contributed by atoms with van der Waals surface area (Å²) in [5.41, 5.74) is 0.488. The van der Waals surface area contributed by atoms with Crippen molar-refractivity contribution in [1.82, 2.24) is 15.6 Å². The van der Waals surface area contributed by atoms with Gasteiger partial charge in [0.05, 0.1) is 11.1 Å². The number of nitrogens with one attached hydrogen (secondary N) is 2. The molecule has 1 heterocycles. The molecule has 0 radical (unpaired) electrons. The Morgan fingerprint density at radius 3 is 2.43 bits per heavy atom. The zero-order chi connectivity index (χ0) is 17.0. The van der Waals surface area contributed by atoms with Crippen LogP contribution in [-0.2, 0) is 12.1 Å². The van der Waals surface area contributed by atoms with Crippen molar-refractivity contribution in [3.05, 3.63) is 51.5 Å². The molecular formula is C16H19N3O3S. The molecule has 0 saturated carbocycles. The summed E-state index contributed by atoms with van der Waals surface area (Å²) in [4.78, 5) is 28.2. The molecule has 1 aromatic carbocycles. The molecule has 2 rings (SSSR count). The number of aryl methyl sites for hydroxylation is 1. The fourth-order valence-corrected chi connectivity index (χ4v) is 2.79. The first-order valence-electron chi connectivity index (χ1n) is 7.09. The van der Waals surface area contributed by atoms with E-state index >= 15 is 0 Å². The highest BCUT2D eigenvalue weighted by Gasteiger charge is 2.25. The molecule has 0 aliphatic carbocycles. The van der Waals surface area contributed by atoms with Crippen LogP contribution in [-0.4, -0.2) is 22.1 Å². The van der Waals surface area contributed by atoms with Crippen molar-refractivity contribution in [2.45, 2.75) is 32.9 Å². The molecule has 0 unspecified atom stereocenters. The van der Waals surface area contributed by atoms with Gasteiger partial charge in [-0.1, -0.05) is 12.1 Å². The maximum absolute atomic E-state index is 12.0. The minimum Gasteiger partial charge on any atom is -0.478 e. The number of hydrogen-bond acceptors (Lipinski definition) is 4. The molecule has 0 atom stereocenters. The van der Waals surface area contributed by atoms with E-state index in [-0.39, 0.29) is 11.6 Å². The first-order valence-corrected chi connectivity index (χ1v) is 7.91. The second-order valence-electron chi connectivity index (χ2n) is 5.71.